The van der Waals surface area contributed by atoms with E-state index >= 15 is 0 Å². The fourth-order valence-electron chi connectivity index (χ4n) is 8.68. The molecule has 0 heterocycles. The minimum atomic E-state index is -2.49. The van der Waals surface area contributed by atoms with Crippen molar-refractivity contribution in [1.82, 2.24) is 0 Å². The van der Waals surface area contributed by atoms with Crippen molar-refractivity contribution in [3.8, 4) is 11.5 Å². The summed E-state index contributed by atoms with van der Waals surface area (Å²) in [5.74, 6) is 1.69. The molecule has 63 heavy (non-hydrogen) atoms. The van der Waals surface area contributed by atoms with Crippen LogP contribution in [0.1, 0.15) is 13.8 Å². The molecule has 0 atom stereocenters. The third kappa shape index (κ3) is 8.46. The van der Waals surface area contributed by atoms with Crippen LogP contribution in [-0.4, -0.2) is 18.3 Å². The number of hydrogen-bond donors (Lipinski definition) is 2. The lowest BCUT2D eigenvalue weighted by Crippen LogP contribution is -2.40. The van der Waals surface area contributed by atoms with Gasteiger partial charge in [-0.1, -0.05) is 146 Å². The fraction of sp³-hybridized carbons (Fsp3) is 0.0702. The molecule has 6 heteroatoms. The van der Waals surface area contributed by atoms with Crippen molar-refractivity contribution in [3.63, 3.8) is 0 Å². The molecule has 0 unspecified atom stereocenters. The van der Waals surface area contributed by atoms with Crippen molar-refractivity contribution >= 4 is 100 Å². The lowest BCUT2D eigenvalue weighted by Gasteiger charge is -2.31. The normalized spacial score (nSPS) is 11.2. The van der Waals surface area contributed by atoms with Crippen LogP contribution in [0.15, 0.2) is 218 Å². The molecule has 0 radical (unpaired) electrons. The van der Waals surface area contributed by atoms with Crippen molar-refractivity contribution in [1.29, 1.82) is 0 Å². The van der Waals surface area contributed by atoms with Crippen LogP contribution in [0, 0.1) is 0 Å². The quantitative estimate of drug-likeness (QED) is 0.106. The average Bonchev–Trinajstić information content (AvgIpc) is 3.33. The van der Waals surface area contributed by atoms with Gasteiger partial charge in [0.2, 0.25) is 0 Å². The molecule has 0 fully saturated rings. The third-order valence-electron chi connectivity index (χ3n) is 11.4. The van der Waals surface area contributed by atoms with Gasteiger partial charge >= 0.3 is 0 Å². The Morgan fingerprint density at radius 3 is 0.921 bits per heavy atom. The maximum Gasteiger partial charge on any atom is 0.175 e. The summed E-state index contributed by atoms with van der Waals surface area (Å²) >= 11 is 5.30. The van der Waals surface area contributed by atoms with Crippen LogP contribution >= 0.6 is 19.5 Å². The first-order valence-electron chi connectivity index (χ1n) is 21.4. The van der Waals surface area contributed by atoms with Gasteiger partial charge in [-0.2, -0.15) is 0 Å². The monoisotopic (exact) mass is 855 g/mol. The summed E-state index contributed by atoms with van der Waals surface area (Å²) in [7, 11) is -2.49. The molecule has 0 spiro atoms. The van der Waals surface area contributed by atoms with Crippen LogP contribution < -0.4 is 41.3 Å². The van der Waals surface area contributed by atoms with Gasteiger partial charge in [-0.3, -0.25) is 0 Å². The van der Waals surface area contributed by atoms with E-state index < -0.39 is 7.26 Å². The number of anilines is 2. The van der Waals surface area contributed by atoms with E-state index in [0.717, 1.165) is 22.9 Å². The molecule has 0 amide bonds. The first-order valence-corrected chi connectivity index (χ1v) is 23.6. The molecular formula is C57H48N2O2PS+. The second-order valence-electron chi connectivity index (χ2n) is 15.2. The van der Waals surface area contributed by atoms with Gasteiger partial charge in [0.05, 0.1) is 13.2 Å². The highest BCUT2D eigenvalue weighted by Crippen LogP contribution is 2.59. The van der Waals surface area contributed by atoms with Gasteiger partial charge in [-0.05, 0) is 120 Å². The van der Waals surface area contributed by atoms with Crippen LogP contribution in [0.4, 0.5) is 11.4 Å². The molecule has 10 rings (SSSR count). The van der Waals surface area contributed by atoms with Gasteiger partial charge in [-0.15, -0.1) is 0 Å². The number of benzene rings is 10. The predicted molar refractivity (Wildman–Crippen MR) is 276 cm³/mol. The summed E-state index contributed by atoms with van der Waals surface area (Å²) in [5.41, 5.74) is 1.82. The smallest absolute Gasteiger partial charge is 0.175 e. The Morgan fingerprint density at radius 1 is 0.365 bits per heavy atom. The molecule has 10 aromatic rings. The van der Waals surface area contributed by atoms with Crippen LogP contribution in [-0.2, 0) is 0 Å². The highest BCUT2D eigenvalue weighted by atomic mass is 32.1. The van der Waals surface area contributed by atoms with Gasteiger partial charge in [0, 0.05) is 32.9 Å². The average molecular weight is 856 g/mol. The molecule has 0 aliphatic rings. The summed E-state index contributed by atoms with van der Waals surface area (Å²) < 4.78 is 10.8. The Morgan fingerprint density at radius 2 is 0.635 bits per heavy atom. The molecule has 0 aliphatic carbocycles. The van der Waals surface area contributed by atoms with Gasteiger partial charge in [0.1, 0.15) is 40.0 Å². The van der Waals surface area contributed by atoms with Crippen molar-refractivity contribution in [2.75, 3.05) is 23.8 Å². The molecular weight excluding hydrogens is 808 g/mol. The van der Waals surface area contributed by atoms with Crippen molar-refractivity contribution < 1.29 is 9.47 Å². The summed E-state index contributed by atoms with van der Waals surface area (Å²) in [6, 6.07) is 78.7. The molecule has 0 saturated carbocycles. The zero-order chi connectivity index (χ0) is 43.0. The van der Waals surface area contributed by atoms with Gasteiger partial charge in [-0.25, -0.2) is 0 Å². The molecule has 308 valence electrons. The zero-order valence-electron chi connectivity index (χ0n) is 35.4. The number of nitrogens with one attached hydrogen (secondary N) is 2. The number of hydrogen-bond acceptors (Lipinski definition) is 3. The summed E-state index contributed by atoms with van der Waals surface area (Å²) in [5, 5.41) is 22.8. The van der Waals surface area contributed by atoms with E-state index in [1.165, 1.54) is 64.3 Å². The predicted octanol–water partition coefficient (Wildman–Crippen LogP) is 13.2. The fourth-order valence-corrected chi connectivity index (χ4v) is 14.0. The Hall–Kier alpha value is -7.04. The zero-order valence-corrected chi connectivity index (χ0v) is 37.1. The lowest BCUT2D eigenvalue weighted by molar-refractivity contribution is 0.340. The Labute approximate surface area is 375 Å². The standard InChI is InChI=1S/C40H28P.C17H20N2O2S/c1-5-21-33-29(13-1)17-9-25-37(33)41(38-26-10-18-30-14-2-6-22-34(30)38,39-27-11-19-31-15-3-7-23-35(31)39)40-28-12-20-32-16-4-8-24-36(32)40;1-3-20-15-9-5-13(6-10-15)18-17(22)19-14-7-11-16(12-8-14)21-4-2/h1-28H;5-12H,3-4H2,1-2H3,(H2,18,19,22)/q+1;. The summed E-state index contributed by atoms with van der Waals surface area (Å²) in [6.45, 7) is 5.24. The van der Waals surface area contributed by atoms with Gasteiger partial charge in [0.15, 0.2) is 5.11 Å². The summed E-state index contributed by atoms with van der Waals surface area (Å²) in [4.78, 5) is 0. The van der Waals surface area contributed by atoms with Gasteiger partial charge in [0.25, 0.3) is 0 Å². The van der Waals surface area contributed by atoms with E-state index in [1.54, 1.807) is 0 Å². The molecule has 10 aromatic carbocycles. The topological polar surface area (TPSA) is 42.5 Å². The summed E-state index contributed by atoms with van der Waals surface area (Å²) in [6.07, 6.45) is 0. The Balaban J connectivity index is 0.000000195. The molecule has 2 N–H and O–H groups in total. The van der Waals surface area contributed by atoms with E-state index in [9.17, 15) is 0 Å². The number of rotatable bonds is 10. The third-order valence-corrected chi connectivity index (χ3v) is 16.0. The molecule has 0 aromatic heterocycles. The van der Waals surface area contributed by atoms with E-state index in [4.69, 9.17) is 21.7 Å². The number of ether oxygens (including phenoxy) is 2. The SMILES string of the molecule is CCOc1ccc(NC(=S)Nc2ccc(OCC)cc2)cc1.c1ccc2c([P+](c3cccc4ccccc34)(c3cccc4ccccc34)c3cccc4ccccc34)cccc2c1. The first kappa shape index (κ1) is 41.3. The highest BCUT2D eigenvalue weighted by Gasteiger charge is 2.51. The molecule has 4 nitrogen and oxygen atoms in total. The second kappa shape index (κ2) is 18.9. The highest BCUT2D eigenvalue weighted by molar-refractivity contribution is 8.02. The van der Waals surface area contributed by atoms with Crippen molar-refractivity contribution in [3.05, 3.63) is 218 Å². The van der Waals surface area contributed by atoms with Crippen molar-refractivity contribution in [2.24, 2.45) is 0 Å². The Kier molecular flexibility index (Phi) is 12.4. The van der Waals surface area contributed by atoms with E-state index in [1.807, 2.05) is 62.4 Å². The maximum absolute atomic E-state index is 5.40. The van der Waals surface area contributed by atoms with Gasteiger partial charge < -0.3 is 20.1 Å². The number of thiocarbonyl (C=S) groups is 1. The van der Waals surface area contributed by atoms with Crippen LogP contribution in [0.3, 0.4) is 0 Å². The lowest BCUT2D eigenvalue weighted by atomic mass is 10.1. The number of fused-ring (bicyclic) bond motifs is 4. The molecule has 0 aliphatic heterocycles. The van der Waals surface area contributed by atoms with E-state index in [2.05, 4.69) is 180 Å². The van der Waals surface area contributed by atoms with Crippen LogP contribution in [0.5, 0.6) is 11.5 Å². The molecule has 0 bridgehead atoms. The van der Waals surface area contributed by atoms with E-state index in [0.29, 0.717) is 18.3 Å². The van der Waals surface area contributed by atoms with Crippen LogP contribution in [0.2, 0.25) is 0 Å². The largest absolute Gasteiger partial charge is 0.494 e. The maximum atomic E-state index is 5.40. The molecule has 0 saturated heterocycles. The Bertz CT molecular complexity index is 2790. The minimum absolute atomic E-state index is 0.535. The van der Waals surface area contributed by atoms with E-state index in [-0.39, 0.29) is 0 Å². The van der Waals surface area contributed by atoms with Crippen molar-refractivity contribution in [2.45, 2.75) is 13.8 Å². The second-order valence-corrected chi connectivity index (χ2v) is 18.8. The first-order chi connectivity index (χ1) is 31.1. The van der Waals surface area contributed by atoms with Crippen LogP contribution in [0.25, 0.3) is 43.1 Å². The minimum Gasteiger partial charge on any atom is -0.494 e.